The Morgan fingerprint density at radius 2 is 2.00 bits per heavy atom. The summed E-state index contributed by atoms with van der Waals surface area (Å²) in [5.74, 6) is 0. The van der Waals surface area contributed by atoms with Crippen LogP contribution in [0, 0.1) is 0 Å². The molecule has 80 valence electrons. The van der Waals surface area contributed by atoms with Crippen LogP contribution < -0.4 is 5.56 Å². The minimum atomic E-state index is -0.261. The Morgan fingerprint density at radius 3 is 2.60 bits per heavy atom. The van der Waals surface area contributed by atoms with Crippen LogP contribution in [0.2, 0.25) is 0 Å². The number of fused-ring (bicyclic) bond motifs is 1. The van der Waals surface area contributed by atoms with Crippen LogP contribution in [0.4, 0.5) is 0 Å². The molecule has 0 aliphatic carbocycles. The molecule has 0 N–H and O–H groups in total. The maximum absolute atomic E-state index is 12.1. The van der Waals surface area contributed by atoms with Crippen molar-refractivity contribution in [2.45, 2.75) is 26.3 Å². The molecule has 5 nitrogen and oxygen atoms in total. The largest absolute Gasteiger partial charge is 0.292 e. The molecule has 2 aromatic rings. The molecule has 0 aromatic carbocycles. The maximum Gasteiger partial charge on any atom is 0.279 e. The second kappa shape index (κ2) is 2.92. The smallest absolute Gasteiger partial charge is 0.279 e. The van der Waals surface area contributed by atoms with Crippen molar-refractivity contribution >= 4 is 11.0 Å². The van der Waals surface area contributed by atoms with Crippen LogP contribution in [0.15, 0.2) is 17.3 Å². The Morgan fingerprint density at radius 1 is 1.33 bits per heavy atom. The van der Waals surface area contributed by atoms with Gasteiger partial charge in [-0.05, 0) is 20.8 Å². The molecule has 0 unspecified atom stereocenters. The first-order chi connectivity index (χ1) is 6.91. The van der Waals surface area contributed by atoms with Crippen LogP contribution in [0.3, 0.4) is 0 Å². The van der Waals surface area contributed by atoms with Crippen molar-refractivity contribution in [3.63, 3.8) is 0 Å². The third-order valence-electron chi connectivity index (χ3n) is 2.38. The number of hydrogen-bond donors (Lipinski definition) is 0. The minimum absolute atomic E-state index is 0.0486. The van der Waals surface area contributed by atoms with E-state index >= 15 is 0 Å². The number of hydrogen-bond acceptors (Lipinski definition) is 3. The number of aromatic nitrogens is 4. The van der Waals surface area contributed by atoms with Gasteiger partial charge in [0.2, 0.25) is 0 Å². The normalized spacial score (nSPS) is 12.3. The molecule has 0 fully saturated rings. The van der Waals surface area contributed by atoms with Gasteiger partial charge < -0.3 is 0 Å². The Hall–Kier alpha value is -1.65. The average molecular weight is 206 g/mol. The number of rotatable bonds is 0. The highest BCUT2D eigenvalue weighted by Crippen LogP contribution is 2.12. The zero-order chi connectivity index (χ0) is 11.2. The molecular formula is C10H14N4O. The van der Waals surface area contributed by atoms with Gasteiger partial charge in [-0.25, -0.2) is 4.98 Å². The second-order valence-electron chi connectivity index (χ2n) is 4.59. The number of nitrogens with zero attached hydrogens (tertiary/aromatic N) is 4. The molecule has 0 spiro atoms. The molecule has 0 bridgehead atoms. The monoisotopic (exact) mass is 206 g/mol. The fourth-order valence-corrected chi connectivity index (χ4v) is 1.53. The average Bonchev–Trinajstić information content (AvgIpc) is 2.46. The molecule has 0 aliphatic heterocycles. The topological polar surface area (TPSA) is 52.7 Å². The van der Waals surface area contributed by atoms with Crippen molar-refractivity contribution in [3.05, 3.63) is 22.9 Å². The first-order valence-electron chi connectivity index (χ1n) is 4.81. The van der Waals surface area contributed by atoms with E-state index in [1.165, 1.54) is 0 Å². The molecule has 0 aliphatic rings. The Kier molecular flexibility index (Phi) is 1.92. The molecule has 15 heavy (non-hydrogen) atoms. The molecule has 0 amide bonds. The van der Waals surface area contributed by atoms with Gasteiger partial charge in [0.05, 0.1) is 12.5 Å². The quantitative estimate of drug-likeness (QED) is 0.643. The van der Waals surface area contributed by atoms with Gasteiger partial charge in [0, 0.05) is 12.6 Å². The van der Waals surface area contributed by atoms with Gasteiger partial charge in [0.15, 0.2) is 5.52 Å². The standard InChI is InChI=1S/C10H14N4O/c1-10(2,3)14-6-11-7-5-12-13(4)8(7)9(14)15/h5-6H,1-4H3. The molecule has 0 saturated carbocycles. The molecule has 2 rings (SSSR count). The molecule has 0 atom stereocenters. The van der Waals surface area contributed by atoms with E-state index in [0.717, 1.165) is 0 Å². The summed E-state index contributed by atoms with van der Waals surface area (Å²) in [4.78, 5) is 16.3. The van der Waals surface area contributed by atoms with Crippen LogP contribution >= 0.6 is 0 Å². The van der Waals surface area contributed by atoms with E-state index in [0.29, 0.717) is 11.0 Å². The predicted octanol–water partition coefficient (Wildman–Crippen LogP) is 0.885. The van der Waals surface area contributed by atoms with Gasteiger partial charge in [-0.2, -0.15) is 5.10 Å². The molecule has 2 aromatic heterocycles. The summed E-state index contributed by atoms with van der Waals surface area (Å²) < 4.78 is 3.18. The lowest BCUT2D eigenvalue weighted by atomic mass is 10.1. The van der Waals surface area contributed by atoms with Gasteiger partial charge in [0.1, 0.15) is 5.52 Å². The van der Waals surface area contributed by atoms with Crippen LogP contribution in [0.25, 0.3) is 11.0 Å². The van der Waals surface area contributed by atoms with Crippen molar-refractivity contribution in [3.8, 4) is 0 Å². The van der Waals surface area contributed by atoms with Crippen molar-refractivity contribution in [2.75, 3.05) is 0 Å². The van der Waals surface area contributed by atoms with E-state index < -0.39 is 0 Å². The molecular weight excluding hydrogens is 192 g/mol. The third kappa shape index (κ3) is 1.44. The first kappa shape index (κ1) is 9.89. The summed E-state index contributed by atoms with van der Waals surface area (Å²) in [6.07, 6.45) is 3.18. The maximum atomic E-state index is 12.1. The molecule has 0 saturated heterocycles. The summed E-state index contributed by atoms with van der Waals surface area (Å²) in [5, 5.41) is 4.02. The Labute approximate surface area is 87.4 Å². The minimum Gasteiger partial charge on any atom is -0.292 e. The van der Waals surface area contributed by atoms with Crippen LogP contribution in [-0.4, -0.2) is 19.3 Å². The summed E-state index contributed by atoms with van der Waals surface area (Å²) in [6, 6.07) is 0. The van der Waals surface area contributed by atoms with E-state index in [2.05, 4.69) is 10.1 Å². The lowest BCUT2D eigenvalue weighted by Gasteiger charge is -2.21. The van der Waals surface area contributed by atoms with E-state index in [1.54, 1.807) is 28.8 Å². The lowest BCUT2D eigenvalue weighted by Crippen LogP contribution is -2.34. The van der Waals surface area contributed by atoms with Crippen LogP contribution in [0.5, 0.6) is 0 Å². The fourth-order valence-electron chi connectivity index (χ4n) is 1.53. The Balaban J connectivity index is 2.87. The van der Waals surface area contributed by atoms with Gasteiger partial charge in [-0.3, -0.25) is 14.0 Å². The zero-order valence-corrected chi connectivity index (χ0v) is 9.35. The second-order valence-corrected chi connectivity index (χ2v) is 4.59. The SMILES string of the molecule is Cn1ncc2ncn(C(C)(C)C)c(=O)c21. The highest BCUT2D eigenvalue weighted by Gasteiger charge is 2.17. The molecule has 5 heteroatoms. The third-order valence-corrected chi connectivity index (χ3v) is 2.38. The van der Waals surface area contributed by atoms with E-state index in [1.807, 2.05) is 20.8 Å². The highest BCUT2D eigenvalue weighted by molar-refractivity contribution is 5.72. The van der Waals surface area contributed by atoms with Gasteiger partial charge in [-0.1, -0.05) is 0 Å². The lowest BCUT2D eigenvalue weighted by molar-refractivity contribution is 0.381. The van der Waals surface area contributed by atoms with Gasteiger partial charge >= 0.3 is 0 Å². The zero-order valence-electron chi connectivity index (χ0n) is 9.35. The van der Waals surface area contributed by atoms with Crippen molar-refractivity contribution < 1.29 is 0 Å². The molecule has 0 radical (unpaired) electrons. The summed E-state index contributed by atoms with van der Waals surface area (Å²) in [7, 11) is 1.75. The van der Waals surface area contributed by atoms with E-state index in [4.69, 9.17) is 0 Å². The predicted molar refractivity (Wildman–Crippen MR) is 57.8 cm³/mol. The van der Waals surface area contributed by atoms with Crippen LogP contribution in [-0.2, 0) is 12.6 Å². The summed E-state index contributed by atoms with van der Waals surface area (Å²) in [6.45, 7) is 5.91. The van der Waals surface area contributed by atoms with Gasteiger partial charge in [0.25, 0.3) is 5.56 Å². The summed E-state index contributed by atoms with van der Waals surface area (Å²) in [5.41, 5.74) is 0.880. The van der Waals surface area contributed by atoms with E-state index in [9.17, 15) is 4.79 Å². The van der Waals surface area contributed by atoms with Crippen molar-refractivity contribution in [1.82, 2.24) is 19.3 Å². The van der Waals surface area contributed by atoms with Gasteiger partial charge in [-0.15, -0.1) is 0 Å². The van der Waals surface area contributed by atoms with Crippen molar-refractivity contribution in [1.29, 1.82) is 0 Å². The van der Waals surface area contributed by atoms with E-state index in [-0.39, 0.29) is 11.1 Å². The fraction of sp³-hybridized carbons (Fsp3) is 0.500. The van der Waals surface area contributed by atoms with Crippen molar-refractivity contribution in [2.24, 2.45) is 7.05 Å². The summed E-state index contributed by atoms with van der Waals surface area (Å²) >= 11 is 0. The van der Waals surface area contributed by atoms with Crippen LogP contribution in [0.1, 0.15) is 20.8 Å². The number of aryl methyl sites for hydroxylation is 1. The first-order valence-corrected chi connectivity index (χ1v) is 4.81. The molecule has 2 heterocycles. The highest BCUT2D eigenvalue weighted by atomic mass is 16.1. The Bertz CT molecular complexity index is 559.